The highest BCUT2D eigenvalue weighted by Crippen LogP contribution is 2.32. The minimum absolute atomic E-state index is 0.0447. The minimum atomic E-state index is -3.38. The number of sulfonamides is 1. The number of ether oxygens (including phenoxy) is 1. The molecule has 2 aliphatic heterocycles. The van der Waals surface area contributed by atoms with Crippen molar-refractivity contribution in [1.29, 1.82) is 0 Å². The Balaban J connectivity index is 1.60. The van der Waals surface area contributed by atoms with Gasteiger partial charge in [-0.15, -0.1) is 0 Å². The van der Waals surface area contributed by atoms with Crippen LogP contribution in [-0.4, -0.2) is 62.1 Å². The van der Waals surface area contributed by atoms with Crippen molar-refractivity contribution < 1.29 is 17.9 Å². The summed E-state index contributed by atoms with van der Waals surface area (Å²) in [5.41, 5.74) is 1.12. The van der Waals surface area contributed by atoms with Gasteiger partial charge in [-0.1, -0.05) is 30.3 Å². The number of amides is 1. The lowest BCUT2D eigenvalue weighted by Gasteiger charge is -2.27. The number of morpholine rings is 1. The molecule has 2 fully saturated rings. The van der Waals surface area contributed by atoms with Crippen LogP contribution >= 0.6 is 0 Å². The lowest BCUT2D eigenvalue weighted by molar-refractivity contribution is -0.131. The predicted molar refractivity (Wildman–Crippen MR) is 90.9 cm³/mol. The first-order valence-electron chi connectivity index (χ1n) is 8.48. The van der Waals surface area contributed by atoms with E-state index in [1.807, 2.05) is 35.2 Å². The van der Waals surface area contributed by atoms with Crippen LogP contribution in [0.2, 0.25) is 0 Å². The van der Waals surface area contributed by atoms with Crippen LogP contribution in [0, 0.1) is 0 Å². The van der Waals surface area contributed by atoms with Gasteiger partial charge in [0.2, 0.25) is 15.9 Å². The Kier molecular flexibility index (Phi) is 5.53. The molecule has 0 spiro atoms. The Morgan fingerprint density at radius 3 is 2.54 bits per heavy atom. The van der Waals surface area contributed by atoms with Crippen LogP contribution in [0.15, 0.2) is 30.3 Å². The third-order valence-corrected chi connectivity index (χ3v) is 6.57. The molecule has 1 atom stereocenters. The zero-order valence-electron chi connectivity index (χ0n) is 13.8. The molecule has 24 heavy (non-hydrogen) atoms. The fourth-order valence-electron chi connectivity index (χ4n) is 3.40. The SMILES string of the molecule is O=C(CCS(=O)(=O)N1CCOCC1)N1CCC[C@H]1c1ccccc1. The number of nitrogens with zero attached hydrogens (tertiary/aromatic N) is 2. The number of hydrogen-bond acceptors (Lipinski definition) is 4. The maximum atomic E-state index is 12.6. The first-order valence-corrected chi connectivity index (χ1v) is 10.1. The van der Waals surface area contributed by atoms with Crippen LogP contribution in [-0.2, 0) is 19.6 Å². The lowest BCUT2D eigenvalue weighted by Crippen LogP contribution is -2.42. The van der Waals surface area contributed by atoms with Crippen molar-refractivity contribution in [2.75, 3.05) is 38.6 Å². The van der Waals surface area contributed by atoms with E-state index in [1.165, 1.54) is 4.31 Å². The Morgan fingerprint density at radius 2 is 1.83 bits per heavy atom. The Labute approximate surface area is 143 Å². The number of likely N-dealkylation sites (tertiary alicyclic amines) is 1. The van der Waals surface area contributed by atoms with E-state index in [1.54, 1.807) is 0 Å². The Hall–Kier alpha value is -1.44. The zero-order valence-corrected chi connectivity index (χ0v) is 14.6. The first-order chi connectivity index (χ1) is 11.6. The van der Waals surface area contributed by atoms with Crippen molar-refractivity contribution in [2.24, 2.45) is 0 Å². The summed E-state index contributed by atoms with van der Waals surface area (Å²) in [7, 11) is -3.38. The average molecular weight is 352 g/mol. The summed E-state index contributed by atoms with van der Waals surface area (Å²) in [5, 5.41) is 0. The first kappa shape index (κ1) is 17.4. The van der Waals surface area contributed by atoms with E-state index in [9.17, 15) is 13.2 Å². The third kappa shape index (κ3) is 3.96. The maximum absolute atomic E-state index is 12.6. The second-order valence-corrected chi connectivity index (χ2v) is 8.32. The molecule has 0 radical (unpaired) electrons. The van der Waals surface area contributed by atoms with Crippen molar-refractivity contribution in [3.05, 3.63) is 35.9 Å². The van der Waals surface area contributed by atoms with Crippen molar-refractivity contribution >= 4 is 15.9 Å². The molecule has 0 bridgehead atoms. The molecule has 2 aliphatic rings. The van der Waals surface area contributed by atoms with Gasteiger partial charge in [0.25, 0.3) is 0 Å². The highest BCUT2D eigenvalue weighted by Gasteiger charge is 2.31. The second-order valence-electron chi connectivity index (χ2n) is 6.23. The predicted octanol–water partition coefficient (Wildman–Crippen LogP) is 1.40. The second kappa shape index (κ2) is 7.63. The van der Waals surface area contributed by atoms with E-state index in [-0.39, 0.29) is 24.1 Å². The minimum Gasteiger partial charge on any atom is -0.379 e. The number of carbonyl (C=O) groups excluding carboxylic acids is 1. The monoisotopic (exact) mass is 352 g/mol. The van der Waals surface area contributed by atoms with Crippen LogP contribution in [0.5, 0.6) is 0 Å². The number of rotatable bonds is 5. The summed E-state index contributed by atoms with van der Waals surface area (Å²) in [6.07, 6.45) is 1.94. The molecule has 2 saturated heterocycles. The molecular weight excluding hydrogens is 328 g/mol. The zero-order chi connectivity index (χ0) is 17.0. The number of benzene rings is 1. The molecule has 0 unspecified atom stereocenters. The summed E-state index contributed by atoms with van der Waals surface area (Å²) >= 11 is 0. The average Bonchev–Trinajstić information content (AvgIpc) is 3.11. The van der Waals surface area contributed by atoms with Crippen molar-refractivity contribution in [1.82, 2.24) is 9.21 Å². The van der Waals surface area contributed by atoms with Gasteiger partial charge < -0.3 is 9.64 Å². The molecule has 1 aromatic rings. The molecule has 1 amide bonds. The highest BCUT2D eigenvalue weighted by atomic mass is 32.2. The fraction of sp³-hybridized carbons (Fsp3) is 0.588. The largest absolute Gasteiger partial charge is 0.379 e. The van der Waals surface area contributed by atoms with E-state index in [2.05, 4.69) is 0 Å². The molecular formula is C17H24N2O4S. The van der Waals surface area contributed by atoms with E-state index < -0.39 is 10.0 Å². The van der Waals surface area contributed by atoms with Crippen LogP contribution in [0.25, 0.3) is 0 Å². The van der Waals surface area contributed by atoms with E-state index >= 15 is 0 Å². The molecule has 0 N–H and O–H groups in total. The summed E-state index contributed by atoms with van der Waals surface area (Å²) in [5.74, 6) is -0.192. The van der Waals surface area contributed by atoms with Gasteiger partial charge in [-0.2, -0.15) is 4.31 Å². The summed E-state index contributed by atoms with van der Waals surface area (Å²) in [6.45, 7) is 2.32. The molecule has 7 heteroatoms. The van der Waals surface area contributed by atoms with Crippen molar-refractivity contribution in [3.8, 4) is 0 Å². The van der Waals surface area contributed by atoms with Crippen LogP contribution in [0.1, 0.15) is 30.9 Å². The maximum Gasteiger partial charge on any atom is 0.224 e. The molecule has 6 nitrogen and oxygen atoms in total. The molecule has 3 rings (SSSR count). The van der Waals surface area contributed by atoms with E-state index in [0.717, 1.165) is 18.4 Å². The van der Waals surface area contributed by atoms with Gasteiger partial charge in [0, 0.05) is 26.1 Å². The van der Waals surface area contributed by atoms with Crippen molar-refractivity contribution in [2.45, 2.75) is 25.3 Å². The number of hydrogen-bond donors (Lipinski definition) is 0. The Bertz CT molecular complexity index is 656. The quantitative estimate of drug-likeness (QED) is 0.803. The van der Waals surface area contributed by atoms with Gasteiger partial charge in [0.05, 0.1) is 25.0 Å². The lowest BCUT2D eigenvalue weighted by atomic mass is 10.0. The van der Waals surface area contributed by atoms with Crippen LogP contribution in [0.3, 0.4) is 0 Å². The van der Waals surface area contributed by atoms with Crippen LogP contribution < -0.4 is 0 Å². The van der Waals surface area contributed by atoms with Gasteiger partial charge in [-0.05, 0) is 18.4 Å². The standard InChI is InChI=1S/C17H24N2O4S/c20-17(8-14-24(21,22)18-10-12-23-13-11-18)19-9-4-7-16(19)15-5-2-1-3-6-15/h1-3,5-6,16H,4,7-14H2/t16-/m0/s1. The van der Waals surface area contributed by atoms with E-state index in [4.69, 9.17) is 4.74 Å². The topological polar surface area (TPSA) is 66.9 Å². The number of carbonyl (C=O) groups is 1. The molecule has 2 heterocycles. The summed E-state index contributed by atoms with van der Waals surface area (Å²) < 4.78 is 31.3. The van der Waals surface area contributed by atoms with Gasteiger partial charge in [-0.25, -0.2) is 8.42 Å². The molecule has 0 saturated carbocycles. The van der Waals surface area contributed by atoms with Crippen molar-refractivity contribution in [3.63, 3.8) is 0 Å². The third-order valence-electron chi connectivity index (χ3n) is 4.69. The van der Waals surface area contributed by atoms with E-state index in [0.29, 0.717) is 32.8 Å². The summed E-state index contributed by atoms with van der Waals surface area (Å²) in [4.78, 5) is 14.4. The Morgan fingerprint density at radius 1 is 1.12 bits per heavy atom. The molecule has 132 valence electrons. The van der Waals surface area contributed by atoms with Gasteiger partial charge in [-0.3, -0.25) is 4.79 Å². The van der Waals surface area contributed by atoms with Gasteiger partial charge in [0.15, 0.2) is 0 Å². The van der Waals surface area contributed by atoms with Gasteiger partial charge >= 0.3 is 0 Å². The fourth-order valence-corrected chi connectivity index (χ4v) is 4.80. The smallest absolute Gasteiger partial charge is 0.224 e. The highest BCUT2D eigenvalue weighted by molar-refractivity contribution is 7.89. The normalized spacial score (nSPS) is 22.7. The molecule has 0 aliphatic carbocycles. The molecule has 1 aromatic carbocycles. The molecule has 0 aromatic heterocycles. The summed E-state index contributed by atoms with van der Waals surface area (Å²) in [6, 6.07) is 10.0. The van der Waals surface area contributed by atoms with Gasteiger partial charge in [0.1, 0.15) is 0 Å². The van der Waals surface area contributed by atoms with Crippen LogP contribution in [0.4, 0.5) is 0 Å².